The largest absolute Gasteiger partial charge is 0.388 e. The van der Waals surface area contributed by atoms with Crippen LogP contribution in [0.15, 0.2) is 4.79 Å². The van der Waals surface area contributed by atoms with Crippen LogP contribution in [0.4, 0.5) is 4.39 Å². The van der Waals surface area contributed by atoms with Gasteiger partial charge in [-0.2, -0.15) is 9.37 Å². The number of H-pyrrole nitrogens is 1. The zero-order chi connectivity index (χ0) is 19.4. The van der Waals surface area contributed by atoms with Crippen LogP contribution < -0.4 is 5.56 Å². The van der Waals surface area contributed by atoms with Gasteiger partial charge in [0, 0.05) is 0 Å². The first-order chi connectivity index (χ1) is 12.0. The highest BCUT2D eigenvalue weighted by atomic mass is 31.2. The zero-order valence-corrected chi connectivity index (χ0v) is 16.1. The molecule has 0 aliphatic carbocycles. The fraction of sp³-hybridized carbons (Fsp3) is 0.625. The number of fused-ring (bicyclic) bond motifs is 1. The number of aryl methyl sites for hydroxylation is 1. The first kappa shape index (κ1) is 19.2. The number of imidazole rings is 1. The van der Waals surface area contributed by atoms with E-state index in [9.17, 15) is 19.4 Å². The lowest BCUT2D eigenvalue weighted by atomic mass is 10.0. The molecule has 1 unspecified atom stereocenters. The summed E-state index contributed by atoms with van der Waals surface area (Å²) in [7, 11) is 0. The molecule has 0 saturated carbocycles. The van der Waals surface area contributed by atoms with E-state index < -0.39 is 43.1 Å². The number of halogens is 1. The first-order valence-corrected chi connectivity index (χ1v) is 11.4. The third-order valence-corrected chi connectivity index (χ3v) is 6.06. The molecule has 144 valence electrons. The van der Waals surface area contributed by atoms with Gasteiger partial charge in [0.15, 0.2) is 17.4 Å². The number of aliphatic hydroxyl groups is 2. The van der Waals surface area contributed by atoms with Crippen molar-refractivity contribution in [2.24, 2.45) is 5.92 Å². The molecule has 1 aliphatic heterocycles. The summed E-state index contributed by atoms with van der Waals surface area (Å²) in [4.78, 5) is 22.1. The second-order valence-corrected chi connectivity index (χ2v) is 11.9. The van der Waals surface area contributed by atoms with Crippen molar-refractivity contribution in [2.45, 2.75) is 38.4 Å². The Morgan fingerprint density at radius 3 is 2.65 bits per heavy atom. The predicted octanol–water partition coefficient (Wildman–Crippen LogP) is 0.532. The van der Waals surface area contributed by atoms with E-state index in [2.05, 4.69) is 34.6 Å². The fourth-order valence-electron chi connectivity index (χ4n) is 3.55. The number of aliphatic hydroxyl groups excluding tert-OH is 2. The van der Waals surface area contributed by atoms with Gasteiger partial charge in [0.25, 0.3) is 11.6 Å². The van der Waals surface area contributed by atoms with Crippen LogP contribution >= 0.6 is 6.89 Å². The summed E-state index contributed by atoms with van der Waals surface area (Å²) in [6, 6.07) is 0. The number of hydrogen-bond acceptors (Lipinski definition) is 6. The van der Waals surface area contributed by atoms with E-state index in [0.29, 0.717) is 0 Å². The summed E-state index contributed by atoms with van der Waals surface area (Å²) in [5, 5.41) is 20.9. The Hall–Kier alpha value is -1.54. The maximum Gasteiger partial charge on any atom is 0.293 e. The lowest BCUT2D eigenvalue weighted by molar-refractivity contribution is -0.0537. The van der Waals surface area contributed by atoms with E-state index in [4.69, 9.17) is 4.74 Å². The van der Waals surface area contributed by atoms with Crippen molar-refractivity contribution < 1.29 is 19.3 Å². The molecule has 0 bridgehead atoms. The molecule has 0 radical (unpaired) electrons. The maximum absolute atomic E-state index is 14.4. The predicted molar refractivity (Wildman–Crippen MR) is 98.7 cm³/mol. The van der Waals surface area contributed by atoms with Crippen LogP contribution in [0.25, 0.3) is 11.2 Å². The van der Waals surface area contributed by atoms with Crippen molar-refractivity contribution in [2.75, 3.05) is 19.5 Å². The molecule has 1 fully saturated rings. The molecule has 26 heavy (non-hydrogen) atoms. The molecule has 2 aromatic heterocycles. The second-order valence-electron chi connectivity index (χ2n) is 7.64. The molecule has 8 nitrogen and oxygen atoms in total. The van der Waals surface area contributed by atoms with Gasteiger partial charge >= 0.3 is 0 Å². The number of aromatic nitrogens is 4. The maximum atomic E-state index is 14.4. The average Bonchev–Trinajstić information content (AvgIpc) is 2.96. The van der Waals surface area contributed by atoms with Gasteiger partial charge in [-0.25, -0.2) is 4.98 Å². The normalized spacial score (nSPS) is 28.0. The number of rotatable bonds is 4. The monoisotopic (exact) mass is 386 g/mol. The van der Waals surface area contributed by atoms with Crippen LogP contribution in [-0.4, -0.2) is 73.8 Å². The van der Waals surface area contributed by atoms with Crippen molar-refractivity contribution in [3.8, 4) is 0 Å². The van der Waals surface area contributed by atoms with Crippen LogP contribution in [0.5, 0.6) is 0 Å². The van der Waals surface area contributed by atoms with Crippen LogP contribution in [0, 0.1) is 18.9 Å². The van der Waals surface area contributed by atoms with Gasteiger partial charge in [0.05, 0.1) is 6.10 Å². The van der Waals surface area contributed by atoms with Gasteiger partial charge in [0.1, 0.15) is 18.0 Å². The summed E-state index contributed by atoms with van der Waals surface area (Å²) in [6.45, 7) is 6.22. The first-order valence-electron chi connectivity index (χ1n) is 8.33. The lowest BCUT2D eigenvalue weighted by Gasteiger charge is -2.26. The SMILES string of the molecule is C=P(C)(C)CC(C)[C@H]1O[C@@H](n2c(F)nc3c(=O)[nH]c(C)nc32)[C@H](O)[C@@H]1O. The molecule has 0 amide bonds. The van der Waals surface area contributed by atoms with Crippen LogP contribution in [0.3, 0.4) is 0 Å². The fourth-order valence-corrected chi connectivity index (χ4v) is 5.31. The summed E-state index contributed by atoms with van der Waals surface area (Å²) in [5.41, 5.74) is -0.787. The molecule has 1 aliphatic rings. The minimum atomic E-state index is -1.39. The number of nitrogens with one attached hydrogen (secondary N) is 1. The lowest BCUT2D eigenvalue weighted by Crippen LogP contribution is -2.36. The molecule has 5 atom stereocenters. The van der Waals surface area contributed by atoms with Gasteiger partial charge in [0.2, 0.25) is 0 Å². The molecule has 2 aromatic rings. The molecule has 1 saturated heterocycles. The van der Waals surface area contributed by atoms with E-state index in [-0.39, 0.29) is 22.9 Å². The molecule has 0 spiro atoms. The van der Waals surface area contributed by atoms with E-state index >= 15 is 0 Å². The Labute approximate surface area is 150 Å². The molecule has 3 heterocycles. The zero-order valence-electron chi connectivity index (χ0n) is 15.2. The van der Waals surface area contributed by atoms with Crippen LogP contribution in [0.2, 0.25) is 0 Å². The van der Waals surface area contributed by atoms with Crippen LogP contribution in [-0.2, 0) is 4.74 Å². The highest BCUT2D eigenvalue weighted by Crippen LogP contribution is 2.42. The molecule has 10 heteroatoms. The van der Waals surface area contributed by atoms with Crippen LogP contribution in [0.1, 0.15) is 19.0 Å². The molecule has 3 rings (SSSR count). The van der Waals surface area contributed by atoms with E-state index in [1.807, 2.05) is 6.92 Å². The minimum Gasteiger partial charge on any atom is -0.388 e. The van der Waals surface area contributed by atoms with E-state index in [0.717, 1.165) is 10.7 Å². The van der Waals surface area contributed by atoms with Crippen molar-refractivity contribution in [3.05, 3.63) is 22.3 Å². The summed E-state index contributed by atoms with van der Waals surface area (Å²) >= 11 is 0. The number of hydrogen-bond donors (Lipinski definition) is 3. The summed E-state index contributed by atoms with van der Waals surface area (Å²) < 4.78 is 21.2. The third kappa shape index (κ3) is 3.36. The topological polar surface area (TPSA) is 113 Å². The van der Waals surface area contributed by atoms with Crippen molar-refractivity contribution in [1.82, 2.24) is 19.5 Å². The van der Waals surface area contributed by atoms with Crippen molar-refractivity contribution in [3.63, 3.8) is 0 Å². The van der Waals surface area contributed by atoms with Gasteiger partial charge in [-0.3, -0.25) is 9.36 Å². The Morgan fingerprint density at radius 1 is 1.38 bits per heavy atom. The highest BCUT2D eigenvalue weighted by molar-refractivity contribution is 7.72. The highest BCUT2D eigenvalue weighted by Gasteiger charge is 2.47. The van der Waals surface area contributed by atoms with E-state index in [1.54, 1.807) is 6.92 Å². The van der Waals surface area contributed by atoms with Crippen molar-refractivity contribution >= 4 is 24.3 Å². The Morgan fingerprint density at radius 2 is 2.04 bits per heavy atom. The number of ether oxygens (including phenoxy) is 1. The smallest absolute Gasteiger partial charge is 0.293 e. The quantitative estimate of drug-likeness (QED) is 0.522. The Kier molecular flexibility index (Phi) is 4.85. The third-order valence-electron chi connectivity index (χ3n) is 4.50. The second kappa shape index (κ2) is 6.56. The Balaban J connectivity index is 2.00. The van der Waals surface area contributed by atoms with Crippen molar-refractivity contribution in [1.29, 1.82) is 0 Å². The summed E-state index contributed by atoms with van der Waals surface area (Å²) in [6.07, 6.45) is -0.567. The van der Waals surface area contributed by atoms with Gasteiger partial charge in [-0.05, 0) is 32.3 Å². The molecular formula is C16H24FN4O4P. The van der Waals surface area contributed by atoms with E-state index in [1.165, 1.54) is 0 Å². The molecule has 3 N–H and O–H groups in total. The minimum absolute atomic E-state index is 0.0294. The van der Waals surface area contributed by atoms with Gasteiger partial charge in [-0.1, -0.05) is 6.92 Å². The number of aromatic amines is 1. The van der Waals surface area contributed by atoms with Gasteiger partial charge < -0.3 is 19.9 Å². The Bertz CT molecular complexity index is 936. The standard InChI is InChI=1S/C16H24FN4O4P/c1-7(6-26(3,4)5)12-10(22)11(23)15(25-12)21-13-9(20-16(21)17)14(24)19-8(2)18-13/h7,10-12,15,22-23H,3,6H2,1-2,4-5H3,(H,18,19,24)/t7?,10-,11+,12+,15+/m0/s1. The number of nitrogens with zero attached hydrogens (tertiary/aromatic N) is 3. The molecular weight excluding hydrogens is 362 g/mol. The average molecular weight is 386 g/mol. The van der Waals surface area contributed by atoms with Gasteiger partial charge in [-0.15, -0.1) is 13.2 Å². The molecule has 0 aromatic carbocycles. The summed E-state index contributed by atoms with van der Waals surface area (Å²) in [5.74, 6) is 0.201.